The van der Waals surface area contributed by atoms with Crippen LogP contribution in [-0.2, 0) is 11.3 Å². The van der Waals surface area contributed by atoms with E-state index < -0.39 is 11.2 Å². The molecule has 4 rings (SSSR count). The molecule has 0 radical (unpaired) electrons. The van der Waals surface area contributed by atoms with Gasteiger partial charge in [-0.3, -0.25) is 14.2 Å². The lowest BCUT2D eigenvalue weighted by atomic mass is 10.2. The summed E-state index contributed by atoms with van der Waals surface area (Å²) in [5, 5.41) is 5.05. The van der Waals surface area contributed by atoms with Crippen LogP contribution in [0.15, 0.2) is 69.6 Å². The van der Waals surface area contributed by atoms with E-state index in [-0.39, 0.29) is 12.5 Å². The number of amides is 1. The van der Waals surface area contributed by atoms with Gasteiger partial charge in [0.25, 0.3) is 5.56 Å². The summed E-state index contributed by atoms with van der Waals surface area (Å²) in [6.45, 7) is 1.67. The molecule has 1 amide bonds. The van der Waals surface area contributed by atoms with Crippen molar-refractivity contribution in [2.24, 2.45) is 0 Å². The minimum Gasteiger partial charge on any atom is -0.324 e. The number of nitrogens with one attached hydrogen (secondary N) is 1. The van der Waals surface area contributed by atoms with Crippen molar-refractivity contribution in [3.63, 3.8) is 0 Å². The topological polar surface area (TPSA) is 73.1 Å². The average molecular weight is 426 g/mol. The maximum atomic E-state index is 13.2. The summed E-state index contributed by atoms with van der Waals surface area (Å²) in [6, 6.07) is 15.5. The number of rotatable bonds is 4. The van der Waals surface area contributed by atoms with Crippen LogP contribution in [0.5, 0.6) is 0 Å². The molecule has 0 aliphatic carbocycles. The van der Waals surface area contributed by atoms with E-state index in [1.54, 1.807) is 41.8 Å². The number of halogens is 1. The Morgan fingerprint density at radius 1 is 1.07 bits per heavy atom. The Labute approximate surface area is 174 Å². The van der Waals surface area contributed by atoms with Crippen molar-refractivity contribution in [1.29, 1.82) is 0 Å². The number of aromatic nitrogens is 2. The Morgan fingerprint density at radius 3 is 2.52 bits per heavy atom. The van der Waals surface area contributed by atoms with Gasteiger partial charge in [-0.25, -0.2) is 9.36 Å². The van der Waals surface area contributed by atoms with E-state index in [2.05, 4.69) is 5.32 Å². The molecule has 0 saturated carbocycles. The normalized spacial score (nSPS) is 11.0. The zero-order chi connectivity index (χ0) is 20.5. The second kappa shape index (κ2) is 7.69. The van der Waals surface area contributed by atoms with Crippen molar-refractivity contribution in [3.8, 4) is 5.69 Å². The van der Waals surface area contributed by atoms with E-state index in [0.717, 1.165) is 10.1 Å². The van der Waals surface area contributed by atoms with Crippen molar-refractivity contribution in [3.05, 3.63) is 91.4 Å². The Kier molecular flexibility index (Phi) is 5.08. The summed E-state index contributed by atoms with van der Waals surface area (Å²) in [6.07, 6.45) is 0. The Hall–Kier alpha value is -3.16. The number of nitrogens with zero attached hydrogens (tertiary/aromatic N) is 2. The maximum Gasteiger partial charge on any atom is 0.336 e. The number of benzene rings is 2. The van der Waals surface area contributed by atoms with Crippen molar-refractivity contribution < 1.29 is 4.79 Å². The number of hydrogen-bond donors (Lipinski definition) is 1. The van der Waals surface area contributed by atoms with E-state index >= 15 is 0 Å². The molecule has 0 aliphatic heterocycles. The van der Waals surface area contributed by atoms with Crippen LogP contribution in [0, 0.1) is 6.92 Å². The van der Waals surface area contributed by atoms with Crippen molar-refractivity contribution in [2.45, 2.75) is 13.5 Å². The number of aryl methyl sites for hydroxylation is 1. The summed E-state index contributed by atoms with van der Waals surface area (Å²) in [4.78, 5) is 38.7. The highest BCUT2D eigenvalue weighted by Crippen LogP contribution is 2.18. The fourth-order valence-corrected chi connectivity index (χ4v) is 4.05. The molecule has 2 aromatic heterocycles. The van der Waals surface area contributed by atoms with E-state index in [1.807, 2.05) is 25.1 Å². The molecular formula is C21H16ClN3O3S. The number of carbonyl (C=O) groups excluding carboxylic acids is 1. The molecule has 4 aromatic rings. The lowest BCUT2D eigenvalue weighted by Crippen LogP contribution is -2.40. The average Bonchev–Trinajstić information content (AvgIpc) is 3.19. The monoisotopic (exact) mass is 425 g/mol. The number of fused-ring (bicyclic) bond motifs is 1. The molecule has 2 aromatic carbocycles. The third-order valence-corrected chi connectivity index (χ3v) is 5.70. The molecule has 0 saturated heterocycles. The number of carbonyl (C=O) groups is 1. The van der Waals surface area contributed by atoms with Crippen molar-refractivity contribution in [1.82, 2.24) is 9.13 Å². The van der Waals surface area contributed by atoms with Crippen LogP contribution in [0.2, 0.25) is 5.02 Å². The van der Waals surface area contributed by atoms with Gasteiger partial charge >= 0.3 is 5.69 Å². The molecule has 0 aliphatic rings. The first-order chi connectivity index (χ1) is 14.0. The first-order valence-corrected chi connectivity index (χ1v) is 10.1. The van der Waals surface area contributed by atoms with E-state index in [9.17, 15) is 14.4 Å². The molecule has 146 valence electrons. The zero-order valence-corrected chi connectivity index (χ0v) is 17.0. The minimum atomic E-state index is -0.580. The number of anilines is 1. The van der Waals surface area contributed by atoms with Crippen LogP contribution in [-0.4, -0.2) is 15.0 Å². The van der Waals surface area contributed by atoms with Gasteiger partial charge in [-0.15, -0.1) is 11.3 Å². The van der Waals surface area contributed by atoms with Gasteiger partial charge in [-0.05, 0) is 54.3 Å². The molecule has 6 nitrogen and oxygen atoms in total. The van der Waals surface area contributed by atoms with Gasteiger partial charge in [-0.1, -0.05) is 29.8 Å². The molecule has 0 fully saturated rings. The zero-order valence-electron chi connectivity index (χ0n) is 15.4. The highest BCUT2D eigenvalue weighted by Gasteiger charge is 2.17. The summed E-state index contributed by atoms with van der Waals surface area (Å²) in [5.74, 6) is -0.352. The molecule has 0 bridgehead atoms. The maximum absolute atomic E-state index is 13.2. The molecule has 8 heteroatoms. The molecular weight excluding hydrogens is 410 g/mol. The third-order valence-electron chi connectivity index (χ3n) is 4.56. The van der Waals surface area contributed by atoms with Gasteiger partial charge in [-0.2, -0.15) is 0 Å². The van der Waals surface area contributed by atoms with E-state index in [0.29, 0.717) is 26.6 Å². The van der Waals surface area contributed by atoms with Crippen molar-refractivity contribution >= 4 is 44.7 Å². The molecule has 29 heavy (non-hydrogen) atoms. The third kappa shape index (κ3) is 3.62. The SMILES string of the molecule is Cc1ccccc1NC(=O)Cn1c(=O)n(-c2ccc(Cl)cc2)c(=O)c2sccc21. The first-order valence-electron chi connectivity index (χ1n) is 8.80. The fourth-order valence-electron chi connectivity index (χ4n) is 3.10. The number of hydrogen-bond acceptors (Lipinski definition) is 4. The van der Waals surface area contributed by atoms with E-state index in [1.165, 1.54) is 15.9 Å². The molecule has 1 N–H and O–H groups in total. The van der Waals surface area contributed by atoms with Gasteiger partial charge in [0.05, 0.1) is 11.2 Å². The summed E-state index contributed by atoms with van der Waals surface area (Å²) < 4.78 is 2.79. The molecule has 0 atom stereocenters. The molecule has 2 heterocycles. The lowest BCUT2D eigenvalue weighted by molar-refractivity contribution is -0.116. The first kappa shape index (κ1) is 19.2. The smallest absolute Gasteiger partial charge is 0.324 e. The molecule has 0 unspecified atom stereocenters. The second-order valence-electron chi connectivity index (χ2n) is 6.48. The summed E-state index contributed by atoms with van der Waals surface area (Å²) >= 11 is 7.16. The standard InChI is InChI=1S/C21H16ClN3O3S/c1-13-4-2-3-5-16(13)23-18(26)12-24-17-10-11-29-19(17)20(27)25(21(24)28)15-8-6-14(22)7-9-15/h2-11H,12H2,1H3,(H,23,26). The van der Waals surface area contributed by atoms with Crippen molar-refractivity contribution in [2.75, 3.05) is 5.32 Å². The van der Waals surface area contributed by atoms with Crippen LogP contribution < -0.4 is 16.6 Å². The predicted octanol–water partition coefficient (Wildman–Crippen LogP) is 3.81. The largest absolute Gasteiger partial charge is 0.336 e. The highest BCUT2D eigenvalue weighted by molar-refractivity contribution is 7.17. The lowest BCUT2D eigenvalue weighted by Gasteiger charge is -2.13. The minimum absolute atomic E-state index is 0.214. The molecule has 0 spiro atoms. The Morgan fingerprint density at radius 2 is 1.79 bits per heavy atom. The summed E-state index contributed by atoms with van der Waals surface area (Å²) in [5.41, 5.74) is 1.43. The Bertz CT molecular complexity index is 1340. The van der Waals surface area contributed by atoms with Gasteiger partial charge in [0, 0.05) is 10.7 Å². The van der Waals surface area contributed by atoms with Gasteiger partial charge < -0.3 is 5.32 Å². The van der Waals surface area contributed by atoms with Gasteiger partial charge in [0.1, 0.15) is 11.2 Å². The van der Waals surface area contributed by atoms with Crippen LogP contribution in [0.3, 0.4) is 0 Å². The highest BCUT2D eigenvalue weighted by atomic mass is 35.5. The van der Waals surface area contributed by atoms with E-state index in [4.69, 9.17) is 11.6 Å². The number of para-hydroxylation sites is 1. The van der Waals surface area contributed by atoms with Gasteiger partial charge in [0.15, 0.2) is 0 Å². The fraction of sp³-hybridized carbons (Fsp3) is 0.0952. The predicted molar refractivity (Wildman–Crippen MR) is 117 cm³/mol. The van der Waals surface area contributed by atoms with Crippen LogP contribution in [0.4, 0.5) is 5.69 Å². The van der Waals surface area contributed by atoms with Gasteiger partial charge in [0.2, 0.25) is 5.91 Å². The van der Waals surface area contributed by atoms with Crippen LogP contribution in [0.25, 0.3) is 15.9 Å². The Balaban J connectivity index is 1.80. The second-order valence-corrected chi connectivity index (χ2v) is 7.84. The number of thiophene rings is 1. The van der Waals surface area contributed by atoms with Crippen LogP contribution >= 0.6 is 22.9 Å². The van der Waals surface area contributed by atoms with Crippen LogP contribution in [0.1, 0.15) is 5.56 Å². The quantitative estimate of drug-likeness (QED) is 0.540. The summed E-state index contributed by atoms with van der Waals surface area (Å²) in [7, 11) is 0.